The highest BCUT2D eigenvalue weighted by Crippen LogP contribution is 2.18. The molecule has 2 rings (SSSR count). The minimum atomic E-state index is -0.192. The Morgan fingerprint density at radius 1 is 1.30 bits per heavy atom. The van der Waals surface area contributed by atoms with E-state index in [4.69, 9.17) is 9.47 Å². The Bertz CT molecular complexity index is 528. The van der Waals surface area contributed by atoms with Crippen LogP contribution in [-0.4, -0.2) is 57.3 Å². The fourth-order valence-corrected chi connectivity index (χ4v) is 3.33. The van der Waals surface area contributed by atoms with Crippen molar-refractivity contribution in [1.29, 1.82) is 0 Å². The molecule has 1 aliphatic rings. The topological polar surface area (TPSA) is 54.9 Å². The first-order valence-electron chi connectivity index (χ1n) is 9.38. The number of hydrogen-bond acceptors (Lipinski definition) is 4. The molecule has 2 N–H and O–H groups in total. The van der Waals surface area contributed by atoms with Crippen molar-refractivity contribution >= 4 is 41.7 Å². The zero-order valence-corrected chi connectivity index (χ0v) is 19.1. The van der Waals surface area contributed by atoms with Gasteiger partial charge in [-0.15, -0.1) is 35.7 Å². The normalized spacial score (nSPS) is 16.8. The van der Waals surface area contributed by atoms with Gasteiger partial charge in [0.05, 0.1) is 12.7 Å². The van der Waals surface area contributed by atoms with Gasteiger partial charge in [-0.2, -0.15) is 0 Å². The molecule has 0 aliphatic carbocycles. The molecule has 1 fully saturated rings. The Morgan fingerprint density at radius 3 is 2.81 bits per heavy atom. The second-order valence-corrected chi connectivity index (χ2v) is 7.22. The van der Waals surface area contributed by atoms with E-state index in [-0.39, 0.29) is 35.9 Å². The number of rotatable bonds is 11. The molecule has 1 aliphatic heterocycles. The average molecular weight is 511 g/mol. The fourth-order valence-electron chi connectivity index (χ4n) is 2.49. The van der Waals surface area contributed by atoms with E-state index in [0.717, 1.165) is 75.3 Å². The van der Waals surface area contributed by atoms with E-state index in [1.807, 2.05) is 12.1 Å². The third kappa shape index (κ3) is 11.1. The lowest BCUT2D eigenvalue weighted by molar-refractivity contribution is 0.0420. The van der Waals surface area contributed by atoms with Crippen LogP contribution in [0.5, 0.6) is 0 Å². The first-order chi connectivity index (χ1) is 12.8. The van der Waals surface area contributed by atoms with Crippen molar-refractivity contribution in [3.63, 3.8) is 0 Å². The smallest absolute Gasteiger partial charge is 0.191 e. The highest BCUT2D eigenvalue weighted by atomic mass is 127. The van der Waals surface area contributed by atoms with Gasteiger partial charge in [0.1, 0.15) is 5.82 Å². The summed E-state index contributed by atoms with van der Waals surface area (Å²) in [7, 11) is 0. The van der Waals surface area contributed by atoms with Crippen LogP contribution in [0.2, 0.25) is 0 Å². The van der Waals surface area contributed by atoms with Crippen molar-refractivity contribution in [3.05, 3.63) is 30.1 Å². The van der Waals surface area contributed by atoms with Gasteiger partial charge in [0, 0.05) is 37.7 Å². The Morgan fingerprint density at radius 2 is 2.11 bits per heavy atom. The standard InChI is InChI=1S/C19H30FN3O2S.HI/c1-2-21-19(22-10-3-12-25-17-9-13-24-15-17)23-11-4-14-26-18-7-5-16(20)6-8-18;/h5-8,17H,2-4,9-15H2,1H3,(H2,21,22,23);1H. The van der Waals surface area contributed by atoms with Crippen LogP contribution in [0.3, 0.4) is 0 Å². The first-order valence-corrected chi connectivity index (χ1v) is 10.4. The van der Waals surface area contributed by atoms with Crippen LogP contribution >= 0.6 is 35.7 Å². The number of thioether (sulfide) groups is 1. The third-order valence-corrected chi connectivity index (χ3v) is 4.95. The molecule has 0 spiro atoms. The zero-order chi connectivity index (χ0) is 18.5. The lowest BCUT2D eigenvalue weighted by Crippen LogP contribution is -2.38. The van der Waals surface area contributed by atoms with E-state index < -0.39 is 0 Å². The second kappa shape index (κ2) is 15.4. The third-order valence-electron chi connectivity index (χ3n) is 3.85. The van der Waals surface area contributed by atoms with Crippen LogP contribution < -0.4 is 10.6 Å². The highest BCUT2D eigenvalue weighted by Gasteiger charge is 2.15. The van der Waals surface area contributed by atoms with Crippen LogP contribution in [0.15, 0.2) is 34.2 Å². The molecular formula is C19H31FIN3O2S. The minimum absolute atomic E-state index is 0. The van der Waals surface area contributed by atoms with Gasteiger partial charge in [-0.05, 0) is 56.2 Å². The molecule has 8 heteroatoms. The van der Waals surface area contributed by atoms with Gasteiger partial charge in [0.15, 0.2) is 5.96 Å². The lowest BCUT2D eigenvalue weighted by atomic mass is 10.3. The highest BCUT2D eigenvalue weighted by molar-refractivity contribution is 14.0. The van der Waals surface area contributed by atoms with Gasteiger partial charge < -0.3 is 20.1 Å². The summed E-state index contributed by atoms with van der Waals surface area (Å²) in [5, 5.41) is 6.60. The van der Waals surface area contributed by atoms with Crippen molar-refractivity contribution in [2.75, 3.05) is 45.2 Å². The summed E-state index contributed by atoms with van der Waals surface area (Å²) in [6.07, 6.45) is 3.20. The van der Waals surface area contributed by atoms with Crippen molar-refractivity contribution in [2.45, 2.75) is 37.2 Å². The van der Waals surface area contributed by atoms with Crippen molar-refractivity contribution in [2.24, 2.45) is 4.99 Å². The quantitative estimate of drug-likeness (QED) is 0.156. The number of benzene rings is 1. The van der Waals surface area contributed by atoms with Crippen molar-refractivity contribution < 1.29 is 13.9 Å². The number of nitrogens with zero attached hydrogens (tertiary/aromatic N) is 1. The summed E-state index contributed by atoms with van der Waals surface area (Å²) >= 11 is 1.73. The average Bonchev–Trinajstić information content (AvgIpc) is 3.16. The number of guanidine groups is 1. The number of ether oxygens (including phenoxy) is 2. The van der Waals surface area contributed by atoms with Crippen LogP contribution in [0.1, 0.15) is 26.2 Å². The largest absolute Gasteiger partial charge is 0.379 e. The lowest BCUT2D eigenvalue weighted by Gasteiger charge is -2.13. The molecule has 5 nitrogen and oxygen atoms in total. The zero-order valence-electron chi connectivity index (χ0n) is 15.9. The molecule has 0 radical (unpaired) electrons. The SMILES string of the molecule is CCNC(=NCCCSc1ccc(F)cc1)NCCCOC1CCOC1.I. The summed E-state index contributed by atoms with van der Waals surface area (Å²) in [4.78, 5) is 5.68. The predicted octanol–water partition coefficient (Wildman–Crippen LogP) is 3.68. The number of hydrogen-bond donors (Lipinski definition) is 2. The summed E-state index contributed by atoms with van der Waals surface area (Å²) in [5.41, 5.74) is 0. The predicted molar refractivity (Wildman–Crippen MR) is 121 cm³/mol. The van der Waals surface area contributed by atoms with E-state index in [1.165, 1.54) is 12.1 Å². The summed E-state index contributed by atoms with van der Waals surface area (Å²) in [5.74, 6) is 1.62. The molecule has 1 aromatic carbocycles. The molecule has 27 heavy (non-hydrogen) atoms. The Labute approximate surface area is 183 Å². The molecule has 1 atom stereocenters. The summed E-state index contributed by atoms with van der Waals surface area (Å²) in [6, 6.07) is 6.62. The number of aliphatic imine (C=N–C) groups is 1. The van der Waals surface area contributed by atoms with Crippen LogP contribution in [0.25, 0.3) is 0 Å². The van der Waals surface area contributed by atoms with Gasteiger partial charge in [0.2, 0.25) is 0 Å². The van der Waals surface area contributed by atoms with Gasteiger partial charge >= 0.3 is 0 Å². The maximum atomic E-state index is 12.9. The first kappa shape index (κ1) is 24.5. The van der Waals surface area contributed by atoms with E-state index in [2.05, 4.69) is 22.5 Å². The summed E-state index contributed by atoms with van der Waals surface area (Å²) in [6.45, 7) is 6.79. The fraction of sp³-hybridized carbons (Fsp3) is 0.632. The van der Waals surface area contributed by atoms with Gasteiger partial charge in [-0.3, -0.25) is 4.99 Å². The Hall–Kier alpha value is -0.580. The van der Waals surface area contributed by atoms with Gasteiger partial charge in [-0.25, -0.2) is 4.39 Å². The van der Waals surface area contributed by atoms with Gasteiger partial charge in [-0.1, -0.05) is 0 Å². The van der Waals surface area contributed by atoms with E-state index in [1.54, 1.807) is 11.8 Å². The summed E-state index contributed by atoms with van der Waals surface area (Å²) < 4.78 is 23.9. The molecule has 0 bridgehead atoms. The molecule has 0 amide bonds. The van der Waals surface area contributed by atoms with Crippen LogP contribution in [-0.2, 0) is 9.47 Å². The molecule has 154 valence electrons. The maximum absolute atomic E-state index is 12.9. The number of halogens is 2. The molecular weight excluding hydrogens is 480 g/mol. The second-order valence-electron chi connectivity index (χ2n) is 6.05. The monoisotopic (exact) mass is 511 g/mol. The van der Waals surface area contributed by atoms with Gasteiger partial charge in [0.25, 0.3) is 0 Å². The molecule has 0 aromatic heterocycles. The Balaban J connectivity index is 0.00000364. The van der Waals surface area contributed by atoms with Crippen LogP contribution in [0.4, 0.5) is 4.39 Å². The molecule has 1 heterocycles. The van der Waals surface area contributed by atoms with E-state index >= 15 is 0 Å². The van der Waals surface area contributed by atoms with Crippen molar-refractivity contribution in [1.82, 2.24) is 10.6 Å². The molecule has 0 saturated carbocycles. The van der Waals surface area contributed by atoms with Crippen molar-refractivity contribution in [3.8, 4) is 0 Å². The van der Waals surface area contributed by atoms with Crippen LogP contribution in [0, 0.1) is 5.82 Å². The maximum Gasteiger partial charge on any atom is 0.191 e. The Kier molecular flexibility index (Phi) is 13.9. The minimum Gasteiger partial charge on any atom is -0.379 e. The molecule has 1 aromatic rings. The van der Waals surface area contributed by atoms with E-state index in [9.17, 15) is 4.39 Å². The molecule has 1 unspecified atom stereocenters. The molecule has 1 saturated heterocycles. The number of nitrogens with one attached hydrogen (secondary N) is 2. The van der Waals surface area contributed by atoms with E-state index in [0.29, 0.717) is 0 Å².